The number of rotatable bonds is 5. The first-order chi connectivity index (χ1) is 15.6. The van der Waals surface area contributed by atoms with Gasteiger partial charge in [0.05, 0.1) is 16.9 Å². The minimum Gasteiger partial charge on any atom is -0.325 e. The quantitative estimate of drug-likeness (QED) is 0.447. The molecule has 0 bridgehead atoms. The summed E-state index contributed by atoms with van der Waals surface area (Å²) in [6.45, 7) is 1.61. The van der Waals surface area contributed by atoms with Crippen LogP contribution in [0.15, 0.2) is 71.1 Å². The topological polar surface area (TPSA) is 107 Å². The normalized spacial score (nSPS) is 11.0. The van der Waals surface area contributed by atoms with Crippen molar-refractivity contribution in [3.8, 4) is 22.0 Å². The Morgan fingerprint density at radius 2 is 2.00 bits per heavy atom. The Morgan fingerprint density at radius 1 is 1.09 bits per heavy atom. The minimum absolute atomic E-state index is 0.120. The molecule has 0 atom stereocenters. The summed E-state index contributed by atoms with van der Waals surface area (Å²) in [4.78, 5) is 29.5. The first-order valence-electron chi connectivity index (χ1n) is 9.76. The lowest BCUT2D eigenvalue weighted by atomic mass is 10.1. The van der Waals surface area contributed by atoms with E-state index in [9.17, 15) is 9.59 Å². The summed E-state index contributed by atoms with van der Waals surface area (Å²) >= 11 is 1.57. The molecule has 4 heterocycles. The summed E-state index contributed by atoms with van der Waals surface area (Å²) < 4.78 is 2.98. The number of fused-ring (bicyclic) bond motifs is 1. The number of thiophene rings is 1. The van der Waals surface area contributed by atoms with Crippen molar-refractivity contribution in [2.75, 3.05) is 5.32 Å². The second kappa shape index (κ2) is 8.16. The van der Waals surface area contributed by atoms with Crippen LogP contribution in [0.2, 0.25) is 0 Å². The lowest BCUT2D eigenvalue weighted by Crippen LogP contribution is -2.27. The van der Waals surface area contributed by atoms with Gasteiger partial charge in [0.25, 0.3) is 5.56 Å². The van der Waals surface area contributed by atoms with Crippen LogP contribution in [0.1, 0.15) is 5.69 Å². The number of carbonyl (C=O) groups is 1. The lowest BCUT2D eigenvalue weighted by molar-refractivity contribution is -0.116. The van der Waals surface area contributed by atoms with E-state index in [-0.39, 0.29) is 18.0 Å². The largest absolute Gasteiger partial charge is 0.325 e. The first-order valence-corrected chi connectivity index (χ1v) is 10.6. The van der Waals surface area contributed by atoms with Crippen molar-refractivity contribution in [1.29, 1.82) is 0 Å². The van der Waals surface area contributed by atoms with Gasteiger partial charge < -0.3 is 5.32 Å². The van der Waals surface area contributed by atoms with Gasteiger partial charge >= 0.3 is 0 Å². The average Bonchev–Trinajstić information content (AvgIpc) is 3.45. The molecule has 0 radical (unpaired) electrons. The molecule has 0 spiro atoms. The van der Waals surface area contributed by atoms with Crippen LogP contribution in [0.4, 0.5) is 5.69 Å². The molecule has 0 aliphatic rings. The molecule has 1 amide bonds. The maximum Gasteiger partial charge on any atom is 0.253 e. The van der Waals surface area contributed by atoms with E-state index in [4.69, 9.17) is 5.10 Å². The van der Waals surface area contributed by atoms with E-state index < -0.39 is 0 Å². The van der Waals surface area contributed by atoms with Crippen molar-refractivity contribution in [3.05, 3.63) is 82.4 Å². The van der Waals surface area contributed by atoms with E-state index in [0.29, 0.717) is 28.5 Å². The summed E-state index contributed by atoms with van der Waals surface area (Å²) in [6, 6.07) is 16.4. The summed E-state index contributed by atoms with van der Waals surface area (Å²) in [5.74, 6) is 0.357. The first kappa shape index (κ1) is 19.8. The van der Waals surface area contributed by atoms with Gasteiger partial charge in [0.2, 0.25) is 5.91 Å². The third kappa shape index (κ3) is 3.91. The number of hydrogen-bond donors (Lipinski definition) is 1. The van der Waals surface area contributed by atoms with Gasteiger partial charge in [0.1, 0.15) is 6.54 Å². The maximum absolute atomic E-state index is 12.4. The van der Waals surface area contributed by atoms with Gasteiger partial charge in [-0.15, -0.1) is 21.5 Å². The molecule has 1 aromatic carbocycles. The number of aryl methyl sites for hydroxylation is 1. The molecule has 1 N–H and O–H groups in total. The smallest absolute Gasteiger partial charge is 0.253 e. The number of anilines is 1. The van der Waals surface area contributed by atoms with E-state index >= 15 is 0 Å². The molecule has 0 aliphatic heterocycles. The Morgan fingerprint density at radius 3 is 2.81 bits per heavy atom. The molecule has 32 heavy (non-hydrogen) atoms. The molecule has 0 fully saturated rings. The van der Waals surface area contributed by atoms with Crippen LogP contribution in [0.25, 0.3) is 27.6 Å². The third-order valence-corrected chi connectivity index (χ3v) is 5.64. The summed E-state index contributed by atoms with van der Waals surface area (Å²) in [7, 11) is 0. The molecule has 158 valence electrons. The van der Waals surface area contributed by atoms with Crippen molar-refractivity contribution in [2.24, 2.45) is 0 Å². The highest BCUT2D eigenvalue weighted by Gasteiger charge is 2.12. The molecule has 4 aromatic heterocycles. The monoisotopic (exact) mass is 443 g/mol. The van der Waals surface area contributed by atoms with Crippen molar-refractivity contribution in [3.63, 3.8) is 0 Å². The zero-order chi connectivity index (χ0) is 22.1. The number of benzene rings is 1. The number of amides is 1. The molecule has 9 nitrogen and oxygen atoms in total. The van der Waals surface area contributed by atoms with E-state index in [1.165, 1.54) is 17.0 Å². The number of nitrogens with one attached hydrogen (secondary N) is 1. The minimum atomic E-state index is -0.322. The van der Waals surface area contributed by atoms with E-state index in [1.54, 1.807) is 28.8 Å². The SMILES string of the molecule is Cc1cc(=O)n(CC(=O)Nc2cccc(-c3ccc4nnc(-c5cccs5)n4n3)c2)cn1. The third-order valence-electron chi connectivity index (χ3n) is 4.78. The Balaban J connectivity index is 1.40. The molecular formula is C22H17N7O2S. The number of aromatic nitrogens is 6. The zero-order valence-corrected chi connectivity index (χ0v) is 17.8. The lowest BCUT2D eigenvalue weighted by Gasteiger charge is -2.09. The summed E-state index contributed by atoms with van der Waals surface area (Å²) in [5, 5.41) is 17.9. The van der Waals surface area contributed by atoms with Gasteiger partial charge in [0.15, 0.2) is 11.5 Å². The highest BCUT2D eigenvalue weighted by Crippen LogP contribution is 2.25. The Hall–Kier alpha value is -4.18. The molecule has 10 heteroatoms. The van der Waals surface area contributed by atoms with Crippen molar-refractivity contribution >= 4 is 28.6 Å². The Labute approximate surface area is 186 Å². The standard InChI is InChI=1S/C22H17N7O2S/c1-14-10-21(31)28(13-23-14)12-20(30)24-16-5-2-4-15(11-16)17-7-8-19-25-26-22(29(19)27-17)18-6-3-9-32-18/h2-11,13H,12H2,1H3,(H,24,30). The molecule has 0 saturated heterocycles. The van der Waals surface area contributed by atoms with Gasteiger partial charge in [-0.05, 0) is 42.6 Å². The number of carbonyl (C=O) groups excluding carboxylic acids is 1. The van der Waals surface area contributed by atoms with E-state index in [2.05, 4.69) is 20.5 Å². The van der Waals surface area contributed by atoms with Crippen molar-refractivity contribution < 1.29 is 4.79 Å². The summed E-state index contributed by atoms with van der Waals surface area (Å²) in [6.07, 6.45) is 1.37. The van der Waals surface area contributed by atoms with Crippen LogP contribution in [0.5, 0.6) is 0 Å². The van der Waals surface area contributed by atoms with Gasteiger partial charge in [-0.2, -0.15) is 9.61 Å². The summed E-state index contributed by atoms with van der Waals surface area (Å²) in [5.41, 5.74) is 3.13. The fourth-order valence-electron chi connectivity index (χ4n) is 3.25. The predicted molar refractivity (Wildman–Crippen MR) is 121 cm³/mol. The zero-order valence-electron chi connectivity index (χ0n) is 17.0. The van der Waals surface area contributed by atoms with Gasteiger partial charge in [-0.3, -0.25) is 14.2 Å². The molecular weight excluding hydrogens is 426 g/mol. The maximum atomic E-state index is 12.4. The second-order valence-electron chi connectivity index (χ2n) is 7.11. The fourth-order valence-corrected chi connectivity index (χ4v) is 3.94. The predicted octanol–water partition coefficient (Wildman–Crippen LogP) is 3.02. The van der Waals surface area contributed by atoms with E-state index in [0.717, 1.165) is 10.4 Å². The van der Waals surface area contributed by atoms with Crippen LogP contribution in [0, 0.1) is 6.92 Å². The van der Waals surface area contributed by atoms with Gasteiger partial charge in [0, 0.05) is 23.0 Å². The van der Waals surface area contributed by atoms with Crippen molar-refractivity contribution in [2.45, 2.75) is 13.5 Å². The van der Waals surface area contributed by atoms with Crippen LogP contribution in [0.3, 0.4) is 0 Å². The number of nitrogens with zero attached hydrogens (tertiary/aromatic N) is 6. The van der Waals surface area contributed by atoms with Crippen molar-refractivity contribution in [1.82, 2.24) is 29.4 Å². The molecule has 5 rings (SSSR count). The molecule has 5 aromatic rings. The van der Waals surface area contributed by atoms with Crippen LogP contribution in [-0.4, -0.2) is 35.3 Å². The van der Waals surface area contributed by atoms with Gasteiger partial charge in [-0.1, -0.05) is 18.2 Å². The van der Waals surface area contributed by atoms with Crippen LogP contribution in [-0.2, 0) is 11.3 Å². The molecule has 0 aliphatic carbocycles. The van der Waals surface area contributed by atoms with Crippen LogP contribution < -0.4 is 10.9 Å². The second-order valence-corrected chi connectivity index (χ2v) is 8.06. The highest BCUT2D eigenvalue weighted by atomic mass is 32.1. The molecule has 0 saturated carbocycles. The highest BCUT2D eigenvalue weighted by molar-refractivity contribution is 7.13. The van der Waals surface area contributed by atoms with Crippen LogP contribution >= 0.6 is 11.3 Å². The fraction of sp³-hybridized carbons (Fsp3) is 0.0909. The van der Waals surface area contributed by atoms with E-state index in [1.807, 2.05) is 47.8 Å². The Kier molecular flexibility index (Phi) is 5.04. The van der Waals surface area contributed by atoms with Gasteiger partial charge in [-0.25, -0.2) is 4.98 Å². The number of hydrogen-bond acceptors (Lipinski definition) is 7. The molecule has 0 unspecified atom stereocenters. The average molecular weight is 443 g/mol. The Bertz CT molecular complexity index is 1490.